The fourth-order valence-electron chi connectivity index (χ4n) is 1.89. The Hall–Kier alpha value is -1.83. The van der Waals surface area contributed by atoms with E-state index in [1.807, 2.05) is 16.8 Å². The van der Waals surface area contributed by atoms with Gasteiger partial charge in [0.1, 0.15) is 5.65 Å². The van der Waals surface area contributed by atoms with Gasteiger partial charge in [0.2, 0.25) is 0 Å². The number of aromatic nitrogens is 2. The maximum absolute atomic E-state index is 4.35. The van der Waals surface area contributed by atoms with E-state index in [0.717, 1.165) is 5.65 Å². The summed E-state index contributed by atoms with van der Waals surface area (Å²) in [5.74, 6) is 0. The number of hydrogen-bond acceptors (Lipinski definition) is 1. The highest BCUT2D eigenvalue weighted by atomic mass is 15.0. The molecule has 0 aliphatic rings. The molecular weight excluding hydrogens is 172 g/mol. The van der Waals surface area contributed by atoms with Gasteiger partial charge in [-0.25, -0.2) is 4.98 Å². The SMILES string of the molecule is Cc1cccc2c1ccn1ccnc21. The smallest absolute Gasteiger partial charge is 0.144 e. The summed E-state index contributed by atoms with van der Waals surface area (Å²) in [4.78, 5) is 4.35. The Balaban J connectivity index is 2.64. The molecule has 2 nitrogen and oxygen atoms in total. The highest BCUT2D eigenvalue weighted by Crippen LogP contribution is 2.21. The van der Waals surface area contributed by atoms with Gasteiger partial charge in [0.15, 0.2) is 0 Å². The zero-order chi connectivity index (χ0) is 9.54. The van der Waals surface area contributed by atoms with Gasteiger partial charge in [0.25, 0.3) is 0 Å². The third-order valence-corrected chi connectivity index (χ3v) is 2.64. The van der Waals surface area contributed by atoms with Gasteiger partial charge >= 0.3 is 0 Å². The molecule has 0 unspecified atom stereocenters. The lowest BCUT2D eigenvalue weighted by atomic mass is 10.1. The van der Waals surface area contributed by atoms with Crippen LogP contribution in [-0.2, 0) is 0 Å². The summed E-state index contributed by atoms with van der Waals surface area (Å²) in [5.41, 5.74) is 2.33. The average Bonchev–Trinajstić information content (AvgIpc) is 2.66. The molecule has 0 N–H and O–H groups in total. The lowest BCUT2D eigenvalue weighted by Gasteiger charge is -2.02. The van der Waals surface area contributed by atoms with Gasteiger partial charge in [-0.3, -0.25) is 0 Å². The minimum Gasteiger partial charge on any atom is -0.307 e. The Labute approximate surface area is 81.8 Å². The van der Waals surface area contributed by atoms with Crippen molar-refractivity contribution < 1.29 is 0 Å². The quantitative estimate of drug-likeness (QED) is 0.522. The molecule has 2 heterocycles. The van der Waals surface area contributed by atoms with E-state index in [9.17, 15) is 0 Å². The summed E-state index contributed by atoms with van der Waals surface area (Å²) in [5, 5.41) is 2.50. The number of pyridine rings is 1. The first-order valence-corrected chi connectivity index (χ1v) is 4.67. The van der Waals surface area contributed by atoms with Crippen molar-refractivity contribution >= 4 is 16.4 Å². The van der Waals surface area contributed by atoms with E-state index in [2.05, 4.69) is 42.4 Å². The van der Waals surface area contributed by atoms with Crippen LogP contribution in [0, 0.1) is 6.92 Å². The highest BCUT2D eigenvalue weighted by Gasteiger charge is 2.01. The lowest BCUT2D eigenvalue weighted by Crippen LogP contribution is -1.86. The molecule has 3 rings (SSSR count). The van der Waals surface area contributed by atoms with E-state index in [-0.39, 0.29) is 0 Å². The number of rotatable bonds is 0. The van der Waals surface area contributed by atoms with E-state index in [4.69, 9.17) is 0 Å². The van der Waals surface area contributed by atoms with Crippen molar-refractivity contribution in [2.24, 2.45) is 0 Å². The molecule has 2 heteroatoms. The fraction of sp³-hybridized carbons (Fsp3) is 0.0833. The second-order valence-corrected chi connectivity index (χ2v) is 3.51. The van der Waals surface area contributed by atoms with Crippen molar-refractivity contribution in [2.45, 2.75) is 6.92 Å². The first kappa shape index (κ1) is 7.56. The van der Waals surface area contributed by atoms with Crippen LogP contribution in [0.3, 0.4) is 0 Å². The van der Waals surface area contributed by atoms with Crippen LogP contribution >= 0.6 is 0 Å². The van der Waals surface area contributed by atoms with Crippen LogP contribution in [0.15, 0.2) is 42.9 Å². The van der Waals surface area contributed by atoms with Crippen molar-refractivity contribution in [3.05, 3.63) is 48.4 Å². The molecule has 0 saturated heterocycles. The van der Waals surface area contributed by atoms with Gasteiger partial charge in [0.05, 0.1) is 0 Å². The molecule has 0 spiro atoms. The predicted octanol–water partition coefficient (Wildman–Crippen LogP) is 2.80. The lowest BCUT2D eigenvalue weighted by molar-refractivity contribution is 1.20. The topological polar surface area (TPSA) is 17.3 Å². The number of nitrogens with zero attached hydrogens (tertiary/aromatic N) is 2. The second kappa shape index (κ2) is 2.58. The largest absolute Gasteiger partial charge is 0.307 e. The summed E-state index contributed by atoms with van der Waals surface area (Å²) in [6, 6.07) is 8.46. The van der Waals surface area contributed by atoms with E-state index in [0.29, 0.717) is 0 Å². The van der Waals surface area contributed by atoms with Crippen LogP contribution in [0.5, 0.6) is 0 Å². The molecule has 68 valence electrons. The summed E-state index contributed by atoms with van der Waals surface area (Å²) in [6.45, 7) is 2.13. The molecule has 0 aliphatic heterocycles. The first-order chi connectivity index (χ1) is 6.86. The van der Waals surface area contributed by atoms with Crippen molar-refractivity contribution in [3.8, 4) is 0 Å². The fourth-order valence-corrected chi connectivity index (χ4v) is 1.89. The number of imidazole rings is 1. The Morgan fingerprint density at radius 1 is 1.07 bits per heavy atom. The van der Waals surface area contributed by atoms with Crippen molar-refractivity contribution in [1.82, 2.24) is 9.38 Å². The van der Waals surface area contributed by atoms with Crippen LogP contribution in [0.25, 0.3) is 16.4 Å². The third kappa shape index (κ3) is 0.880. The van der Waals surface area contributed by atoms with Crippen LogP contribution in [0.4, 0.5) is 0 Å². The Morgan fingerprint density at radius 2 is 2.00 bits per heavy atom. The van der Waals surface area contributed by atoms with E-state index >= 15 is 0 Å². The maximum atomic E-state index is 4.35. The van der Waals surface area contributed by atoms with E-state index in [1.165, 1.54) is 16.3 Å². The Morgan fingerprint density at radius 3 is 2.93 bits per heavy atom. The monoisotopic (exact) mass is 182 g/mol. The third-order valence-electron chi connectivity index (χ3n) is 2.64. The minimum absolute atomic E-state index is 1.03. The Bertz CT molecular complexity index is 608. The molecule has 3 aromatic rings. The van der Waals surface area contributed by atoms with E-state index in [1.54, 1.807) is 0 Å². The number of benzene rings is 1. The van der Waals surface area contributed by atoms with Crippen LogP contribution in [-0.4, -0.2) is 9.38 Å². The normalized spacial score (nSPS) is 11.2. The zero-order valence-corrected chi connectivity index (χ0v) is 7.94. The van der Waals surface area contributed by atoms with Gasteiger partial charge < -0.3 is 4.40 Å². The first-order valence-electron chi connectivity index (χ1n) is 4.67. The van der Waals surface area contributed by atoms with E-state index < -0.39 is 0 Å². The molecule has 0 atom stereocenters. The second-order valence-electron chi connectivity index (χ2n) is 3.51. The van der Waals surface area contributed by atoms with Crippen LogP contribution in [0.1, 0.15) is 5.56 Å². The number of aryl methyl sites for hydroxylation is 1. The van der Waals surface area contributed by atoms with Crippen molar-refractivity contribution in [1.29, 1.82) is 0 Å². The molecule has 14 heavy (non-hydrogen) atoms. The predicted molar refractivity (Wildman–Crippen MR) is 57.4 cm³/mol. The van der Waals surface area contributed by atoms with Crippen molar-refractivity contribution in [2.75, 3.05) is 0 Å². The van der Waals surface area contributed by atoms with Gasteiger partial charge in [-0.1, -0.05) is 18.2 Å². The zero-order valence-electron chi connectivity index (χ0n) is 7.94. The molecule has 2 aromatic heterocycles. The summed E-state index contributed by atoms with van der Waals surface area (Å²) < 4.78 is 2.04. The van der Waals surface area contributed by atoms with Gasteiger partial charge in [0, 0.05) is 24.0 Å². The van der Waals surface area contributed by atoms with Gasteiger partial charge in [-0.2, -0.15) is 0 Å². The molecule has 0 saturated carbocycles. The molecule has 1 aromatic carbocycles. The molecule has 0 amide bonds. The molecule has 0 fully saturated rings. The molecular formula is C12H10N2. The van der Waals surface area contributed by atoms with Gasteiger partial charge in [-0.05, 0) is 23.9 Å². The van der Waals surface area contributed by atoms with Crippen LogP contribution in [0.2, 0.25) is 0 Å². The average molecular weight is 182 g/mol. The molecule has 0 bridgehead atoms. The summed E-state index contributed by atoms with van der Waals surface area (Å²) >= 11 is 0. The Kier molecular flexibility index (Phi) is 1.39. The molecule has 0 radical (unpaired) electrons. The van der Waals surface area contributed by atoms with Gasteiger partial charge in [-0.15, -0.1) is 0 Å². The highest BCUT2D eigenvalue weighted by molar-refractivity contribution is 5.95. The minimum atomic E-state index is 1.03. The molecule has 0 aliphatic carbocycles. The van der Waals surface area contributed by atoms with Crippen molar-refractivity contribution in [3.63, 3.8) is 0 Å². The summed E-state index contributed by atoms with van der Waals surface area (Å²) in [6.07, 6.45) is 5.85. The maximum Gasteiger partial charge on any atom is 0.144 e. The number of fused-ring (bicyclic) bond motifs is 3. The van der Waals surface area contributed by atoms with Crippen LogP contribution < -0.4 is 0 Å². The summed E-state index contributed by atoms with van der Waals surface area (Å²) in [7, 11) is 0. The number of hydrogen-bond donors (Lipinski definition) is 0. The standard InChI is InChI=1S/C12H10N2/c1-9-3-2-4-11-10(9)5-7-14-8-6-13-12(11)14/h2-8H,1H3.